The van der Waals surface area contributed by atoms with E-state index in [1.165, 1.54) is 13.0 Å². The largest absolute Gasteiger partial charge is 0.505 e. The molecule has 0 spiro atoms. The molecule has 0 aliphatic rings. The van der Waals surface area contributed by atoms with Crippen LogP contribution in [0.2, 0.25) is 0 Å². The van der Waals surface area contributed by atoms with E-state index < -0.39 is 24.0 Å². The third-order valence-corrected chi connectivity index (χ3v) is 1.87. The van der Waals surface area contributed by atoms with Gasteiger partial charge in [0.25, 0.3) is 6.43 Å². The van der Waals surface area contributed by atoms with Crippen LogP contribution in [0.1, 0.15) is 17.2 Å². The molecule has 14 heavy (non-hydrogen) atoms. The Balaban J connectivity index is 3.20. The first-order valence-corrected chi connectivity index (χ1v) is 3.96. The molecule has 0 fully saturated rings. The zero-order valence-electron chi connectivity index (χ0n) is 7.47. The molecule has 3 N–H and O–H groups in total. The van der Waals surface area contributed by atoms with Gasteiger partial charge in [0.2, 0.25) is 0 Å². The molecule has 0 amide bonds. The van der Waals surface area contributed by atoms with Crippen molar-refractivity contribution in [3.63, 3.8) is 0 Å². The van der Waals surface area contributed by atoms with Gasteiger partial charge in [-0.1, -0.05) is 6.07 Å². The van der Waals surface area contributed by atoms with Crippen molar-refractivity contribution in [2.75, 3.05) is 0 Å². The lowest BCUT2D eigenvalue weighted by Gasteiger charge is -2.13. The van der Waals surface area contributed by atoms with Crippen molar-refractivity contribution in [1.82, 2.24) is 0 Å². The first kappa shape index (κ1) is 10.8. The molecule has 0 bridgehead atoms. The molecule has 0 saturated heterocycles. The predicted molar refractivity (Wildman–Crippen MR) is 45.7 cm³/mol. The second-order valence-electron chi connectivity index (χ2n) is 3.04. The van der Waals surface area contributed by atoms with E-state index in [-0.39, 0.29) is 5.56 Å². The molecule has 0 aliphatic carbocycles. The number of phenols is 1. The van der Waals surface area contributed by atoms with Crippen molar-refractivity contribution in [3.8, 4) is 5.75 Å². The van der Waals surface area contributed by atoms with E-state index >= 15 is 0 Å². The Hall–Kier alpha value is -1.23. The summed E-state index contributed by atoms with van der Waals surface area (Å²) in [4.78, 5) is 0. The van der Waals surface area contributed by atoms with Crippen molar-refractivity contribution in [1.29, 1.82) is 0 Å². The van der Waals surface area contributed by atoms with E-state index in [0.29, 0.717) is 5.56 Å². The van der Waals surface area contributed by atoms with E-state index in [1.807, 2.05) is 0 Å². The zero-order valence-corrected chi connectivity index (χ0v) is 7.47. The Morgan fingerprint density at radius 1 is 1.36 bits per heavy atom. The lowest BCUT2D eigenvalue weighted by atomic mass is 10.0. The van der Waals surface area contributed by atoms with Gasteiger partial charge in [0, 0.05) is 5.56 Å². The minimum atomic E-state index is -2.83. The summed E-state index contributed by atoms with van der Waals surface area (Å²) in [5, 5.41) is 9.15. The third kappa shape index (κ3) is 1.98. The third-order valence-electron chi connectivity index (χ3n) is 1.87. The van der Waals surface area contributed by atoms with Crippen LogP contribution in [0.5, 0.6) is 5.75 Å². The lowest BCUT2D eigenvalue weighted by Crippen LogP contribution is -2.19. The Morgan fingerprint density at radius 2 is 1.93 bits per heavy atom. The molecule has 1 aromatic carbocycles. The molecule has 0 radical (unpaired) electrons. The van der Waals surface area contributed by atoms with E-state index in [0.717, 1.165) is 6.07 Å². The number of halogens is 3. The number of aromatic hydroxyl groups is 1. The quantitative estimate of drug-likeness (QED) is 0.776. The molecule has 1 atom stereocenters. The van der Waals surface area contributed by atoms with Crippen LogP contribution in [0.3, 0.4) is 0 Å². The lowest BCUT2D eigenvalue weighted by molar-refractivity contribution is 0.115. The van der Waals surface area contributed by atoms with E-state index in [4.69, 9.17) is 10.8 Å². The van der Waals surface area contributed by atoms with Crippen LogP contribution in [0.15, 0.2) is 12.1 Å². The smallest absolute Gasteiger partial charge is 0.257 e. The van der Waals surface area contributed by atoms with Crippen molar-refractivity contribution in [3.05, 3.63) is 29.1 Å². The second-order valence-corrected chi connectivity index (χ2v) is 3.04. The molecule has 78 valence electrons. The number of phenolic OH excluding ortho intramolecular Hbond substituents is 1. The Bertz CT molecular complexity index is 341. The summed E-state index contributed by atoms with van der Waals surface area (Å²) in [6.07, 6.45) is -2.83. The molecular formula is C9H10F3NO. The first-order valence-electron chi connectivity index (χ1n) is 3.96. The number of hydrogen-bond donors (Lipinski definition) is 2. The van der Waals surface area contributed by atoms with Crippen LogP contribution in [0.25, 0.3) is 0 Å². The average molecular weight is 205 g/mol. The van der Waals surface area contributed by atoms with Gasteiger partial charge in [-0.3, -0.25) is 0 Å². The molecule has 0 saturated carbocycles. The van der Waals surface area contributed by atoms with E-state index in [1.54, 1.807) is 0 Å². The van der Waals surface area contributed by atoms with Crippen molar-refractivity contribution in [2.24, 2.45) is 5.73 Å². The van der Waals surface area contributed by atoms with Gasteiger partial charge < -0.3 is 10.8 Å². The number of nitrogens with two attached hydrogens (primary N) is 1. The monoisotopic (exact) mass is 205 g/mol. The number of hydrogen-bond acceptors (Lipinski definition) is 2. The van der Waals surface area contributed by atoms with Crippen molar-refractivity contribution >= 4 is 0 Å². The maximum absolute atomic E-state index is 12.9. The fourth-order valence-corrected chi connectivity index (χ4v) is 1.15. The highest BCUT2D eigenvalue weighted by Gasteiger charge is 2.22. The predicted octanol–water partition coefficient (Wildman–Crippen LogP) is 2.10. The van der Waals surface area contributed by atoms with E-state index in [2.05, 4.69) is 0 Å². The summed E-state index contributed by atoms with van der Waals surface area (Å²) in [6.45, 7) is 1.53. The number of rotatable bonds is 2. The summed E-state index contributed by atoms with van der Waals surface area (Å²) in [5.41, 5.74) is 5.27. The standard InChI is InChI=1S/C9H10F3NO/c1-4-2-5(7(13)9(11)12)8(14)6(10)3-4/h2-3,7,9,14H,13H2,1H3/t7-/m0/s1. The maximum Gasteiger partial charge on any atom is 0.257 e. The van der Waals surface area contributed by atoms with Crippen LogP contribution in [0.4, 0.5) is 13.2 Å². The van der Waals surface area contributed by atoms with Gasteiger partial charge in [-0.15, -0.1) is 0 Å². The molecular weight excluding hydrogens is 195 g/mol. The van der Waals surface area contributed by atoms with Gasteiger partial charge >= 0.3 is 0 Å². The summed E-state index contributed by atoms with van der Waals surface area (Å²) in [7, 11) is 0. The fourth-order valence-electron chi connectivity index (χ4n) is 1.15. The molecule has 1 rings (SSSR count). The topological polar surface area (TPSA) is 46.2 Å². The highest BCUT2D eigenvalue weighted by atomic mass is 19.3. The average Bonchev–Trinajstić information content (AvgIpc) is 2.09. The van der Waals surface area contributed by atoms with Gasteiger partial charge in [0.15, 0.2) is 11.6 Å². The Labute approximate surface area is 79.2 Å². The number of alkyl halides is 2. The summed E-state index contributed by atoms with van der Waals surface area (Å²) in [6, 6.07) is 0.635. The molecule has 0 unspecified atom stereocenters. The SMILES string of the molecule is Cc1cc(F)c(O)c([C@H](N)C(F)F)c1. The number of benzene rings is 1. The van der Waals surface area contributed by atoms with Crippen molar-refractivity contribution in [2.45, 2.75) is 19.4 Å². The van der Waals surface area contributed by atoms with Crippen molar-refractivity contribution < 1.29 is 18.3 Å². The first-order chi connectivity index (χ1) is 6.43. The molecule has 5 heteroatoms. The molecule has 2 nitrogen and oxygen atoms in total. The van der Waals surface area contributed by atoms with Gasteiger partial charge in [-0.25, -0.2) is 13.2 Å². The van der Waals surface area contributed by atoms with Crippen LogP contribution in [0, 0.1) is 12.7 Å². The maximum atomic E-state index is 12.9. The zero-order chi connectivity index (χ0) is 10.9. The summed E-state index contributed by atoms with van der Waals surface area (Å²) >= 11 is 0. The van der Waals surface area contributed by atoms with Crippen LogP contribution in [-0.2, 0) is 0 Å². The van der Waals surface area contributed by atoms with Crippen LogP contribution >= 0.6 is 0 Å². The fraction of sp³-hybridized carbons (Fsp3) is 0.333. The Morgan fingerprint density at radius 3 is 2.43 bits per heavy atom. The van der Waals surface area contributed by atoms with Crippen LogP contribution in [-0.4, -0.2) is 11.5 Å². The van der Waals surface area contributed by atoms with Gasteiger partial charge in [0.1, 0.15) is 0 Å². The molecule has 1 aromatic rings. The molecule has 0 aromatic heterocycles. The van der Waals surface area contributed by atoms with Gasteiger partial charge in [-0.2, -0.15) is 0 Å². The molecule has 0 aliphatic heterocycles. The Kier molecular flexibility index (Phi) is 3.00. The molecule has 0 heterocycles. The highest BCUT2D eigenvalue weighted by molar-refractivity contribution is 5.39. The summed E-state index contributed by atoms with van der Waals surface area (Å²) in [5.74, 6) is -1.74. The minimum absolute atomic E-state index is 0.266. The highest BCUT2D eigenvalue weighted by Crippen LogP contribution is 2.30. The normalized spacial score (nSPS) is 13.3. The second kappa shape index (κ2) is 3.88. The summed E-state index contributed by atoms with van der Waals surface area (Å²) < 4.78 is 37.3. The van der Waals surface area contributed by atoms with Gasteiger partial charge in [0.05, 0.1) is 6.04 Å². The number of aryl methyl sites for hydroxylation is 1. The van der Waals surface area contributed by atoms with E-state index in [9.17, 15) is 13.2 Å². The van der Waals surface area contributed by atoms with Gasteiger partial charge in [-0.05, 0) is 18.6 Å². The minimum Gasteiger partial charge on any atom is -0.505 e. The van der Waals surface area contributed by atoms with Crippen LogP contribution < -0.4 is 5.73 Å².